The third-order valence-electron chi connectivity index (χ3n) is 8.30. The first kappa shape index (κ1) is 27.8. The number of para-hydroxylation sites is 1. The average molecular weight is 542 g/mol. The molecule has 4 aromatic rings. The molecule has 0 bridgehead atoms. The highest BCUT2D eigenvalue weighted by Crippen LogP contribution is 2.34. The highest BCUT2D eigenvalue weighted by atomic mass is 16.4. The van der Waals surface area contributed by atoms with E-state index in [4.69, 9.17) is 14.4 Å². The summed E-state index contributed by atoms with van der Waals surface area (Å²) in [7, 11) is 4.07. The Morgan fingerprint density at radius 3 is 2.42 bits per heavy atom. The molecule has 7 nitrogen and oxygen atoms in total. The van der Waals surface area contributed by atoms with Gasteiger partial charge in [0, 0.05) is 56.3 Å². The second-order valence-corrected chi connectivity index (χ2v) is 11.5. The third kappa shape index (κ3) is 6.87. The minimum Gasteiger partial charge on any atom is -0.508 e. The Kier molecular flexibility index (Phi) is 8.78. The molecule has 1 saturated carbocycles. The number of carbonyl (C=O) groups excluding carboxylic acids is 1. The lowest BCUT2D eigenvalue weighted by atomic mass is 9.78. The van der Waals surface area contributed by atoms with E-state index in [0.717, 1.165) is 54.1 Å². The lowest BCUT2D eigenvalue weighted by molar-refractivity contribution is -0.118. The molecule has 1 fully saturated rings. The highest BCUT2D eigenvalue weighted by Gasteiger charge is 2.21. The van der Waals surface area contributed by atoms with E-state index in [-0.39, 0.29) is 18.0 Å². The van der Waals surface area contributed by atoms with Crippen molar-refractivity contribution in [3.05, 3.63) is 70.3 Å². The molecule has 2 heterocycles. The largest absolute Gasteiger partial charge is 0.508 e. The van der Waals surface area contributed by atoms with Gasteiger partial charge in [0.05, 0.1) is 5.52 Å². The number of phenolic OH excluding ortho intramolecular Hbond substituents is 1. The van der Waals surface area contributed by atoms with Gasteiger partial charge in [0.1, 0.15) is 28.8 Å². The summed E-state index contributed by atoms with van der Waals surface area (Å²) >= 11 is 0. The number of anilines is 1. The number of hydrogen-bond donors (Lipinski definition) is 1. The van der Waals surface area contributed by atoms with Gasteiger partial charge in [-0.05, 0) is 54.5 Å². The van der Waals surface area contributed by atoms with E-state index >= 15 is 0 Å². The quantitative estimate of drug-likeness (QED) is 0.213. The molecule has 40 heavy (non-hydrogen) atoms. The van der Waals surface area contributed by atoms with Crippen LogP contribution in [0.4, 0.5) is 5.82 Å². The summed E-state index contributed by atoms with van der Waals surface area (Å²) in [6.45, 7) is 0. The molecule has 0 unspecified atom stereocenters. The highest BCUT2D eigenvalue weighted by molar-refractivity contribution is 5.89. The van der Waals surface area contributed by atoms with Crippen molar-refractivity contribution in [2.24, 2.45) is 11.8 Å². The Morgan fingerprint density at radius 1 is 0.950 bits per heavy atom. The first-order chi connectivity index (χ1) is 19.4. The van der Waals surface area contributed by atoms with Crippen LogP contribution in [0, 0.1) is 11.8 Å². The molecule has 0 spiro atoms. The number of hydrogen-bond acceptors (Lipinski definition) is 7. The summed E-state index contributed by atoms with van der Waals surface area (Å²) in [6, 6.07) is 14.3. The van der Waals surface area contributed by atoms with Gasteiger partial charge in [-0.1, -0.05) is 50.7 Å². The zero-order valence-electron chi connectivity index (χ0n) is 23.6. The van der Waals surface area contributed by atoms with Crippen LogP contribution < -0.4 is 10.5 Å². The second-order valence-electron chi connectivity index (χ2n) is 11.5. The van der Waals surface area contributed by atoms with Crippen molar-refractivity contribution in [1.29, 1.82) is 0 Å². The van der Waals surface area contributed by atoms with Gasteiger partial charge in [-0.15, -0.1) is 0 Å². The predicted octanol–water partition coefficient (Wildman–Crippen LogP) is 6.62. The topological polar surface area (TPSA) is 96.5 Å². The summed E-state index contributed by atoms with van der Waals surface area (Å²) in [6.07, 6.45) is 11.0. The predicted molar refractivity (Wildman–Crippen MR) is 159 cm³/mol. The van der Waals surface area contributed by atoms with Crippen LogP contribution in [0.2, 0.25) is 0 Å². The van der Waals surface area contributed by atoms with Crippen molar-refractivity contribution in [3.63, 3.8) is 0 Å². The van der Waals surface area contributed by atoms with E-state index in [0.29, 0.717) is 28.9 Å². The number of benzene rings is 2. The average Bonchev–Trinajstić information content (AvgIpc) is 2.93. The molecule has 0 saturated heterocycles. The van der Waals surface area contributed by atoms with Crippen molar-refractivity contribution >= 4 is 33.5 Å². The normalized spacial score (nSPS) is 17.4. The van der Waals surface area contributed by atoms with Crippen LogP contribution >= 0.6 is 0 Å². The smallest absolute Gasteiger partial charge is 0.336 e. The molecule has 0 aliphatic heterocycles. The van der Waals surface area contributed by atoms with Gasteiger partial charge in [0.2, 0.25) is 0 Å². The van der Waals surface area contributed by atoms with Gasteiger partial charge in [0.25, 0.3) is 0 Å². The van der Waals surface area contributed by atoms with Crippen molar-refractivity contribution in [3.8, 4) is 5.75 Å². The van der Waals surface area contributed by atoms with Crippen LogP contribution in [0.3, 0.4) is 0 Å². The first-order valence-electron chi connectivity index (χ1n) is 14.6. The van der Waals surface area contributed by atoms with Gasteiger partial charge >= 0.3 is 5.63 Å². The Bertz CT molecular complexity index is 1540. The van der Waals surface area contributed by atoms with Crippen LogP contribution in [-0.4, -0.2) is 35.0 Å². The molecular formula is C33H39N3O4. The van der Waals surface area contributed by atoms with Crippen molar-refractivity contribution < 1.29 is 14.3 Å². The molecule has 1 N–H and O–H groups in total. The minimum atomic E-state index is -0.499. The van der Waals surface area contributed by atoms with E-state index in [1.807, 2.05) is 26.2 Å². The van der Waals surface area contributed by atoms with E-state index in [1.165, 1.54) is 44.2 Å². The number of aryl methyl sites for hydroxylation is 1. The van der Waals surface area contributed by atoms with Gasteiger partial charge in [-0.3, -0.25) is 4.79 Å². The minimum absolute atomic E-state index is 0.0337. The molecule has 210 valence electrons. The summed E-state index contributed by atoms with van der Waals surface area (Å²) in [4.78, 5) is 36.3. The molecule has 1 aliphatic rings. The lowest BCUT2D eigenvalue weighted by Crippen LogP contribution is -2.16. The maximum atomic E-state index is 12.7. The van der Waals surface area contributed by atoms with Crippen LogP contribution in [0.25, 0.3) is 21.9 Å². The molecule has 0 radical (unpaired) electrons. The fourth-order valence-corrected chi connectivity index (χ4v) is 6.17. The summed E-state index contributed by atoms with van der Waals surface area (Å²) in [5, 5.41) is 11.5. The molecule has 5 rings (SSSR count). The standard InChI is InChI=1S/C33H39N3O4/c1-36(2)33-28-10-3-4-11-29(28)34-31(35-33)12-6-8-23-15-13-22(14-16-23)7-5-9-25(37)19-24-20-32(39)40-30-21-26(38)17-18-27(24)30/h3-4,10-11,17-18,20-23,38H,5-9,12-16,19H2,1-2H3. The number of ketones is 1. The van der Waals surface area contributed by atoms with Gasteiger partial charge in [-0.2, -0.15) is 0 Å². The van der Waals surface area contributed by atoms with Crippen LogP contribution in [-0.2, 0) is 17.6 Å². The molecule has 7 heteroatoms. The number of fused-ring (bicyclic) bond motifs is 2. The Morgan fingerprint density at radius 2 is 1.68 bits per heavy atom. The zero-order chi connectivity index (χ0) is 28.1. The SMILES string of the molecule is CN(C)c1nc(CCCC2CCC(CCCC(=O)Cc3cc(=O)oc4cc(O)ccc34)CC2)nc2ccccc12. The maximum Gasteiger partial charge on any atom is 0.336 e. The fraction of sp³-hybridized carbons (Fsp3) is 0.455. The summed E-state index contributed by atoms with van der Waals surface area (Å²) in [5.74, 6) is 3.56. The number of aromatic hydroxyl groups is 1. The number of Topliss-reactive ketones (excluding diaryl/α,β-unsaturated/α-hetero) is 1. The maximum absolute atomic E-state index is 12.7. The Hall–Kier alpha value is -3.74. The molecule has 1 aliphatic carbocycles. The molecule has 2 aromatic carbocycles. The molecule has 0 amide bonds. The molecule has 0 atom stereocenters. The first-order valence-corrected chi connectivity index (χ1v) is 14.6. The van der Waals surface area contributed by atoms with Crippen molar-refractivity contribution in [2.45, 2.75) is 70.6 Å². The van der Waals surface area contributed by atoms with Gasteiger partial charge in [-0.25, -0.2) is 14.8 Å². The van der Waals surface area contributed by atoms with E-state index in [2.05, 4.69) is 17.0 Å². The van der Waals surface area contributed by atoms with E-state index < -0.39 is 5.63 Å². The molecule has 2 aromatic heterocycles. The van der Waals surface area contributed by atoms with Crippen LogP contribution in [0.5, 0.6) is 5.75 Å². The van der Waals surface area contributed by atoms with Crippen LogP contribution in [0.1, 0.15) is 69.2 Å². The number of nitrogens with zero attached hydrogens (tertiary/aromatic N) is 3. The van der Waals surface area contributed by atoms with Gasteiger partial charge in [0.15, 0.2) is 0 Å². The number of aromatic nitrogens is 2. The van der Waals surface area contributed by atoms with Crippen molar-refractivity contribution in [2.75, 3.05) is 19.0 Å². The van der Waals surface area contributed by atoms with E-state index in [9.17, 15) is 14.7 Å². The number of rotatable bonds is 11. The molecular weight excluding hydrogens is 502 g/mol. The Labute approximate surface area is 235 Å². The van der Waals surface area contributed by atoms with Crippen LogP contribution in [0.15, 0.2) is 57.7 Å². The number of carbonyl (C=O) groups is 1. The summed E-state index contributed by atoms with van der Waals surface area (Å²) in [5.41, 5.74) is 1.50. The monoisotopic (exact) mass is 541 g/mol. The number of phenols is 1. The summed E-state index contributed by atoms with van der Waals surface area (Å²) < 4.78 is 5.17. The lowest BCUT2D eigenvalue weighted by Gasteiger charge is -2.28. The van der Waals surface area contributed by atoms with E-state index in [1.54, 1.807) is 12.1 Å². The zero-order valence-corrected chi connectivity index (χ0v) is 23.6. The third-order valence-corrected chi connectivity index (χ3v) is 8.30. The van der Waals surface area contributed by atoms with Crippen molar-refractivity contribution in [1.82, 2.24) is 9.97 Å². The fourth-order valence-electron chi connectivity index (χ4n) is 6.17. The second kappa shape index (κ2) is 12.6. The van der Waals surface area contributed by atoms with Gasteiger partial charge < -0.3 is 14.4 Å². The Balaban J connectivity index is 1.03.